The van der Waals surface area contributed by atoms with Crippen LogP contribution in [0.4, 0.5) is 0 Å². The van der Waals surface area contributed by atoms with Crippen molar-refractivity contribution in [3.63, 3.8) is 0 Å². The first-order valence-electron chi connectivity index (χ1n) is 12.9. The van der Waals surface area contributed by atoms with Crippen LogP contribution in [0.1, 0.15) is 50.5 Å². The largest absolute Gasteiger partial charge is 0.457 e. The van der Waals surface area contributed by atoms with Crippen LogP contribution in [0.2, 0.25) is 0 Å². The molecule has 5 aliphatic rings. The third kappa shape index (κ3) is 4.76. The molecule has 3 aliphatic heterocycles. The maximum atomic E-state index is 12.5. The van der Waals surface area contributed by atoms with Crippen LogP contribution in [0, 0.1) is 17.3 Å². The van der Waals surface area contributed by atoms with Gasteiger partial charge < -0.3 is 14.8 Å². The second-order valence-corrected chi connectivity index (χ2v) is 10.7. The van der Waals surface area contributed by atoms with Crippen molar-refractivity contribution in [2.24, 2.45) is 27.2 Å². The Hall–Kier alpha value is -2.99. The van der Waals surface area contributed by atoms with Crippen LogP contribution < -0.4 is 10.1 Å². The zero-order valence-electron chi connectivity index (χ0n) is 20.1. The smallest absolute Gasteiger partial charge is 0.223 e. The highest BCUT2D eigenvalue weighted by Gasteiger charge is 2.52. The number of ether oxygens (including phenoxy) is 2. The summed E-state index contributed by atoms with van der Waals surface area (Å²) in [6, 6.07) is 18.4. The fraction of sp³-hybridized carbons (Fsp3) is 0.483. The lowest BCUT2D eigenvalue weighted by Gasteiger charge is -2.53. The summed E-state index contributed by atoms with van der Waals surface area (Å²) in [6.45, 7) is 1.96. The number of benzene rings is 2. The van der Waals surface area contributed by atoms with Gasteiger partial charge in [0, 0.05) is 5.92 Å². The molecule has 35 heavy (non-hydrogen) atoms. The first kappa shape index (κ1) is 22.5. The quantitative estimate of drug-likeness (QED) is 0.541. The summed E-state index contributed by atoms with van der Waals surface area (Å²) in [4.78, 5) is 20.7. The summed E-state index contributed by atoms with van der Waals surface area (Å²) >= 11 is 0. The van der Waals surface area contributed by atoms with E-state index in [2.05, 4.69) is 33.5 Å². The lowest BCUT2D eigenvalue weighted by Crippen LogP contribution is -2.49. The van der Waals surface area contributed by atoms with Crippen molar-refractivity contribution < 1.29 is 14.3 Å². The Balaban J connectivity index is 1.00. The number of hydrogen-bond acceptors (Lipinski definition) is 5. The van der Waals surface area contributed by atoms with Crippen molar-refractivity contribution in [2.75, 3.05) is 19.7 Å². The molecule has 2 bridgehead atoms. The Morgan fingerprint density at radius 2 is 1.89 bits per heavy atom. The molecule has 4 fully saturated rings. The van der Waals surface area contributed by atoms with Gasteiger partial charge in [0.05, 0.1) is 31.0 Å². The first-order chi connectivity index (χ1) is 17.1. The molecule has 7 rings (SSSR count). The van der Waals surface area contributed by atoms with Gasteiger partial charge >= 0.3 is 0 Å². The van der Waals surface area contributed by atoms with Crippen molar-refractivity contribution in [2.45, 2.75) is 50.5 Å². The molecule has 2 aromatic carbocycles. The van der Waals surface area contributed by atoms with Gasteiger partial charge in [0.15, 0.2) is 0 Å². The standard InChI is InChI=1S/C29H33N3O3/c33-27(31-18-23-17-30-20-32-23)26-15-21(26)9-10-28-11-13-29(14-12-28,34-19-28)22-5-4-8-25(16-22)35-24-6-2-1-3-7-24/h1-8,16,20-21,26H,9-15,17-19H2,(H,31,33)/t21-,26-,28?,29?/m0/s1. The molecule has 2 saturated heterocycles. The lowest BCUT2D eigenvalue weighted by atomic mass is 9.62. The van der Waals surface area contributed by atoms with E-state index in [9.17, 15) is 4.79 Å². The number of nitrogens with one attached hydrogen (secondary N) is 1. The van der Waals surface area contributed by atoms with Gasteiger partial charge in [-0.25, -0.2) is 4.99 Å². The molecule has 6 nitrogen and oxygen atoms in total. The summed E-state index contributed by atoms with van der Waals surface area (Å²) in [5.74, 6) is 2.59. The monoisotopic (exact) mass is 471 g/mol. The molecule has 2 atom stereocenters. The highest BCUT2D eigenvalue weighted by Crippen LogP contribution is 2.57. The Morgan fingerprint density at radius 1 is 1.06 bits per heavy atom. The normalized spacial score (nSPS) is 30.7. The fourth-order valence-corrected chi connectivity index (χ4v) is 6.04. The second-order valence-electron chi connectivity index (χ2n) is 10.7. The predicted molar refractivity (Wildman–Crippen MR) is 136 cm³/mol. The van der Waals surface area contributed by atoms with Gasteiger partial charge in [0.1, 0.15) is 17.8 Å². The van der Waals surface area contributed by atoms with Gasteiger partial charge in [-0.1, -0.05) is 30.3 Å². The average molecular weight is 472 g/mol. The predicted octanol–water partition coefficient (Wildman–Crippen LogP) is 5.28. The summed E-state index contributed by atoms with van der Waals surface area (Å²) in [7, 11) is 0. The molecular formula is C29H33N3O3. The topological polar surface area (TPSA) is 72.3 Å². The van der Waals surface area contributed by atoms with Crippen molar-refractivity contribution in [3.8, 4) is 11.5 Å². The Labute approximate surface area is 206 Å². The first-order valence-corrected chi connectivity index (χ1v) is 12.9. The van der Waals surface area contributed by atoms with E-state index in [0.717, 1.165) is 55.9 Å². The van der Waals surface area contributed by atoms with Gasteiger partial charge in [-0.3, -0.25) is 9.79 Å². The maximum absolute atomic E-state index is 12.5. The number of carbonyl (C=O) groups is 1. The van der Waals surface area contributed by atoms with E-state index in [0.29, 0.717) is 19.0 Å². The van der Waals surface area contributed by atoms with Gasteiger partial charge in [-0.05, 0) is 86.1 Å². The molecule has 2 aliphatic carbocycles. The number of amides is 1. The maximum Gasteiger partial charge on any atom is 0.223 e. The fourth-order valence-electron chi connectivity index (χ4n) is 6.04. The van der Waals surface area contributed by atoms with E-state index >= 15 is 0 Å². The van der Waals surface area contributed by atoms with E-state index in [1.165, 1.54) is 18.4 Å². The van der Waals surface area contributed by atoms with Crippen LogP contribution >= 0.6 is 0 Å². The Kier molecular flexibility index (Phi) is 5.93. The van der Waals surface area contributed by atoms with Crippen molar-refractivity contribution in [3.05, 3.63) is 60.2 Å². The van der Waals surface area contributed by atoms with Crippen molar-refractivity contribution in [1.29, 1.82) is 0 Å². The van der Waals surface area contributed by atoms with E-state index in [1.807, 2.05) is 36.4 Å². The zero-order valence-corrected chi connectivity index (χ0v) is 20.1. The summed E-state index contributed by atoms with van der Waals surface area (Å²) in [5.41, 5.74) is 2.26. The highest BCUT2D eigenvalue weighted by atomic mass is 16.5. The molecule has 0 unspecified atom stereocenters. The number of nitrogens with zero attached hydrogens (tertiary/aromatic N) is 2. The van der Waals surface area contributed by atoms with Crippen molar-refractivity contribution in [1.82, 2.24) is 5.32 Å². The SMILES string of the molecule is O=C(NCC1=NC=NC1)[C@H]1C[C@@H]1CCC12CCC(c3cccc(Oc4ccccc4)c3)(CC1)OC2. The number of fused-ring (bicyclic) bond motifs is 3. The van der Waals surface area contributed by atoms with Gasteiger partial charge in [-0.2, -0.15) is 0 Å². The highest BCUT2D eigenvalue weighted by molar-refractivity contribution is 5.99. The van der Waals surface area contributed by atoms with Crippen LogP contribution in [0.3, 0.4) is 0 Å². The lowest BCUT2D eigenvalue weighted by molar-refractivity contribution is -0.192. The van der Waals surface area contributed by atoms with E-state index in [4.69, 9.17) is 9.47 Å². The second kappa shape index (κ2) is 9.23. The summed E-state index contributed by atoms with van der Waals surface area (Å²) in [6.07, 6.45) is 9.38. The molecule has 182 valence electrons. The van der Waals surface area contributed by atoms with Crippen LogP contribution in [-0.4, -0.2) is 37.7 Å². The molecule has 6 heteroatoms. The van der Waals surface area contributed by atoms with Gasteiger partial charge in [-0.15, -0.1) is 0 Å². The number of hydrogen-bond donors (Lipinski definition) is 1. The minimum atomic E-state index is -0.188. The van der Waals surface area contributed by atoms with E-state index < -0.39 is 0 Å². The average Bonchev–Trinajstić information content (AvgIpc) is 3.51. The molecule has 0 spiro atoms. The summed E-state index contributed by atoms with van der Waals surface area (Å²) in [5, 5.41) is 3.04. The Bertz CT molecular complexity index is 1120. The van der Waals surface area contributed by atoms with Crippen LogP contribution in [0.25, 0.3) is 0 Å². The number of rotatable bonds is 9. The Morgan fingerprint density at radius 3 is 2.63 bits per heavy atom. The van der Waals surface area contributed by atoms with E-state index in [-0.39, 0.29) is 22.8 Å². The zero-order chi connectivity index (χ0) is 23.7. The molecular weight excluding hydrogens is 438 g/mol. The van der Waals surface area contributed by atoms with Gasteiger partial charge in [0.25, 0.3) is 0 Å². The molecule has 3 heterocycles. The third-order valence-electron chi connectivity index (χ3n) is 8.48. The molecule has 0 aromatic heterocycles. The van der Waals surface area contributed by atoms with Crippen molar-refractivity contribution >= 4 is 18.0 Å². The minimum absolute atomic E-state index is 0.175. The van der Waals surface area contributed by atoms with E-state index in [1.54, 1.807) is 6.34 Å². The minimum Gasteiger partial charge on any atom is -0.457 e. The molecule has 1 N–H and O–H groups in total. The third-order valence-corrected chi connectivity index (χ3v) is 8.48. The summed E-state index contributed by atoms with van der Waals surface area (Å²) < 4.78 is 12.7. The number of carbonyl (C=O) groups excluding carboxylic acids is 1. The number of para-hydroxylation sites is 1. The van der Waals surface area contributed by atoms with Gasteiger partial charge in [0.2, 0.25) is 5.91 Å². The molecule has 0 radical (unpaired) electrons. The number of aliphatic imine (C=N–C) groups is 2. The van der Waals surface area contributed by atoms with Crippen LogP contribution in [0.15, 0.2) is 64.6 Å². The van der Waals surface area contributed by atoms with Crippen LogP contribution in [-0.2, 0) is 15.1 Å². The molecule has 2 aromatic rings. The molecule has 2 saturated carbocycles. The molecule has 1 amide bonds. The van der Waals surface area contributed by atoms with Crippen LogP contribution in [0.5, 0.6) is 11.5 Å².